The summed E-state index contributed by atoms with van der Waals surface area (Å²) in [6, 6.07) is 2.10. The van der Waals surface area contributed by atoms with Crippen LogP contribution in [0, 0.1) is 12.8 Å². The summed E-state index contributed by atoms with van der Waals surface area (Å²) < 4.78 is 5.05. The highest BCUT2D eigenvalue weighted by Crippen LogP contribution is 2.36. The topological polar surface area (TPSA) is 88.2 Å². The van der Waals surface area contributed by atoms with E-state index in [1.54, 1.807) is 6.33 Å². The zero-order valence-corrected chi connectivity index (χ0v) is 13.9. The first-order valence-electron chi connectivity index (χ1n) is 8.71. The van der Waals surface area contributed by atoms with Crippen molar-refractivity contribution in [2.45, 2.75) is 51.0 Å². The Kier molecular flexibility index (Phi) is 4.18. The van der Waals surface area contributed by atoms with E-state index >= 15 is 0 Å². The smallest absolute Gasteiger partial charge is 0.223 e. The molecule has 1 aliphatic carbocycles. The molecule has 0 amide bonds. The molecule has 2 fully saturated rings. The Morgan fingerprint density at radius 1 is 1.25 bits per heavy atom. The van der Waals surface area contributed by atoms with Gasteiger partial charge in [-0.25, -0.2) is 9.97 Å². The Morgan fingerprint density at radius 2 is 2.04 bits per heavy atom. The molecule has 0 aromatic carbocycles. The molecule has 0 unspecified atom stereocenters. The number of piperidine rings is 1. The van der Waals surface area contributed by atoms with Crippen LogP contribution in [0.2, 0.25) is 0 Å². The summed E-state index contributed by atoms with van der Waals surface area (Å²) in [5.74, 6) is 3.45. The summed E-state index contributed by atoms with van der Waals surface area (Å²) in [5.41, 5.74) is 1.06. The Hall–Kier alpha value is -2.02. The fraction of sp³-hybridized carbons (Fsp3) is 0.647. The molecule has 1 N–H and O–H groups in total. The van der Waals surface area contributed by atoms with Gasteiger partial charge in [-0.2, -0.15) is 4.98 Å². The SMILES string of the molecule is Cc1nc(CC2CCN(c3cc(C4CC(O)C4)ncn3)CC2)no1. The third-order valence-electron chi connectivity index (χ3n) is 5.18. The van der Waals surface area contributed by atoms with Gasteiger partial charge in [0.2, 0.25) is 5.89 Å². The predicted molar refractivity (Wildman–Crippen MR) is 87.7 cm³/mol. The van der Waals surface area contributed by atoms with Crippen LogP contribution in [-0.4, -0.2) is 44.4 Å². The molecular formula is C17H23N5O2. The molecule has 4 rings (SSSR count). The number of anilines is 1. The first kappa shape index (κ1) is 15.5. The van der Waals surface area contributed by atoms with E-state index in [0.717, 1.165) is 62.5 Å². The van der Waals surface area contributed by atoms with Gasteiger partial charge in [0.1, 0.15) is 12.1 Å². The van der Waals surface area contributed by atoms with Gasteiger partial charge >= 0.3 is 0 Å². The summed E-state index contributed by atoms with van der Waals surface area (Å²) in [5, 5.41) is 13.5. The van der Waals surface area contributed by atoms with Crippen LogP contribution in [0.4, 0.5) is 5.82 Å². The van der Waals surface area contributed by atoms with Crippen LogP contribution in [-0.2, 0) is 6.42 Å². The van der Waals surface area contributed by atoms with Gasteiger partial charge in [0, 0.05) is 44.1 Å². The van der Waals surface area contributed by atoms with Crippen LogP contribution in [0.3, 0.4) is 0 Å². The molecule has 3 heterocycles. The number of rotatable bonds is 4. The van der Waals surface area contributed by atoms with Gasteiger partial charge in [0.05, 0.1) is 6.10 Å². The number of aliphatic hydroxyl groups excluding tert-OH is 1. The van der Waals surface area contributed by atoms with E-state index < -0.39 is 0 Å². The van der Waals surface area contributed by atoms with Crippen LogP contribution >= 0.6 is 0 Å². The highest BCUT2D eigenvalue weighted by atomic mass is 16.5. The van der Waals surface area contributed by atoms with E-state index in [4.69, 9.17) is 4.52 Å². The van der Waals surface area contributed by atoms with Gasteiger partial charge < -0.3 is 14.5 Å². The molecule has 0 radical (unpaired) electrons. The molecule has 7 nitrogen and oxygen atoms in total. The Morgan fingerprint density at radius 3 is 2.71 bits per heavy atom. The number of hydrogen-bond donors (Lipinski definition) is 1. The highest BCUT2D eigenvalue weighted by Gasteiger charge is 2.30. The average molecular weight is 329 g/mol. The van der Waals surface area contributed by atoms with Crippen molar-refractivity contribution in [1.82, 2.24) is 20.1 Å². The van der Waals surface area contributed by atoms with Crippen molar-refractivity contribution in [3.63, 3.8) is 0 Å². The quantitative estimate of drug-likeness (QED) is 0.916. The Labute approximate surface area is 141 Å². The lowest BCUT2D eigenvalue weighted by Crippen LogP contribution is -2.35. The molecule has 128 valence electrons. The first-order valence-corrected chi connectivity index (χ1v) is 8.71. The van der Waals surface area contributed by atoms with E-state index in [0.29, 0.717) is 17.7 Å². The molecule has 0 atom stereocenters. The van der Waals surface area contributed by atoms with Crippen molar-refractivity contribution in [2.24, 2.45) is 5.92 Å². The van der Waals surface area contributed by atoms with Gasteiger partial charge in [-0.15, -0.1) is 0 Å². The van der Waals surface area contributed by atoms with Crippen molar-refractivity contribution >= 4 is 5.82 Å². The minimum atomic E-state index is -0.155. The highest BCUT2D eigenvalue weighted by molar-refractivity contribution is 5.40. The number of nitrogens with zero attached hydrogens (tertiary/aromatic N) is 5. The molecule has 2 aromatic rings. The van der Waals surface area contributed by atoms with Gasteiger partial charge in [0.25, 0.3) is 0 Å². The third-order valence-corrected chi connectivity index (χ3v) is 5.18. The largest absolute Gasteiger partial charge is 0.393 e. The van der Waals surface area contributed by atoms with Gasteiger partial charge in [0.15, 0.2) is 5.82 Å². The standard InChI is InChI=1S/C17H23N5O2/c1-11-20-16(21-24-11)6-12-2-4-22(5-3-12)17-9-15(18-10-19-17)13-7-14(23)8-13/h9-10,12-14,23H,2-8H2,1H3. The zero-order valence-electron chi connectivity index (χ0n) is 13.9. The summed E-state index contributed by atoms with van der Waals surface area (Å²) in [7, 11) is 0. The Bertz CT molecular complexity index is 690. The fourth-order valence-corrected chi connectivity index (χ4v) is 3.64. The van der Waals surface area contributed by atoms with E-state index in [-0.39, 0.29) is 6.10 Å². The van der Waals surface area contributed by atoms with E-state index in [1.165, 1.54) is 0 Å². The maximum absolute atomic E-state index is 9.48. The monoisotopic (exact) mass is 329 g/mol. The molecular weight excluding hydrogens is 306 g/mol. The third kappa shape index (κ3) is 3.26. The van der Waals surface area contributed by atoms with Gasteiger partial charge in [-0.05, 0) is 31.6 Å². The molecule has 2 aliphatic rings. The average Bonchev–Trinajstić information content (AvgIpc) is 2.98. The van der Waals surface area contributed by atoms with Crippen LogP contribution in [0.25, 0.3) is 0 Å². The summed E-state index contributed by atoms with van der Waals surface area (Å²) in [4.78, 5) is 15.5. The second-order valence-electron chi connectivity index (χ2n) is 6.99. The van der Waals surface area contributed by atoms with Gasteiger partial charge in [-0.3, -0.25) is 0 Å². The normalized spacial score (nSPS) is 24.8. The lowest BCUT2D eigenvalue weighted by atomic mass is 9.80. The second kappa shape index (κ2) is 6.47. The van der Waals surface area contributed by atoms with E-state index in [2.05, 4.69) is 31.1 Å². The number of hydrogen-bond acceptors (Lipinski definition) is 7. The van der Waals surface area contributed by atoms with Crippen molar-refractivity contribution in [1.29, 1.82) is 0 Å². The van der Waals surface area contributed by atoms with Gasteiger partial charge in [-0.1, -0.05) is 5.16 Å². The lowest BCUT2D eigenvalue weighted by Gasteiger charge is -2.34. The van der Waals surface area contributed by atoms with Crippen LogP contribution < -0.4 is 4.90 Å². The molecule has 1 aliphatic heterocycles. The lowest BCUT2D eigenvalue weighted by molar-refractivity contribution is 0.0732. The zero-order chi connectivity index (χ0) is 16.5. The minimum Gasteiger partial charge on any atom is -0.393 e. The number of aliphatic hydroxyl groups is 1. The molecule has 0 spiro atoms. The molecule has 7 heteroatoms. The maximum Gasteiger partial charge on any atom is 0.223 e. The van der Waals surface area contributed by atoms with Crippen molar-refractivity contribution < 1.29 is 9.63 Å². The summed E-state index contributed by atoms with van der Waals surface area (Å²) in [6.07, 6.45) is 6.25. The van der Waals surface area contributed by atoms with E-state index in [9.17, 15) is 5.11 Å². The van der Waals surface area contributed by atoms with Crippen molar-refractivity contribution in [3.05, 3.63) is 29.8 Å². The molecule has 1 saturated carbocycles. The van der Waals surface area contributed by atoms with Crippen LogP contribution in [0.5, 0.6) is 0 Å². The van der Waals surface area contributed by atoms with Crippen LogP contribution in [0.15, 0.2) is 16.9 Å². The van der Waals surface area contributed by atoms with E-state index in [1.807, 2.05) is 6.92 Å². The maximum atomic E-state index is 9.48. The molecule has 1 saturated heterocycles. The number of aryl methyl sites for hydroxylation is 1. The minimum absolute atomic E-state index is 0.155. The van der Waals surface area contributed by atoms with Crippen molar-refractivity contribution in [2.75, 3.05) is 18.0 Å². The molecule has 0 bridgehead atoms. The molecule has 2 aromatic heterocycles. The van der Waals surface area contributed by atoms with Crippen LogP contribution in [0.1, 0.15) is 49.0 Å². The summed E-state index contributed by atoms with van der Waals surface area (Å²) in [6.45, 7) is 3.81. The fourth-order valence-electron chi connectivity index (χ4n) is 3.64. The predicted octanol–water partition coefficient (Wildman–Crippen LogP) is 1.87. The number of aromatic nitrogens is 4. The Balaban J connectivity index is 1.34. The first-order chi connectivity index (χ1) is 11.7. The second-order valence-corrected chi connectivity index (χ2v) is 6.99. The van der Waals surface area contributed by atoms with Crippen molar-refractivity contribution in [3.8, 4) is 0 Å². The summed E-state index contributed by atoms with van der Waals surface area (Å²) >= 11 is 0. The molecule has 24 heavy (non-hydrogen) atoms.